The lowest BCUT2D eigenvalue weighted by atomic mass is 10.2. The standard InChI is InChI=1S/C18H17N7O2S/c1-26-13-8-9-14(15(10-13)27-2)17-19-18(22-21-17)28-11-16-20-23-24-25(16)12-6-4-3-5-7-12/h3-10H,11H2,1-2H3,(H,19,21,22). The number of nitrogens with zero attached hydrogens (tertiary/aromatic N) is 6. The predicted octanol–water partition coefficient (Wildman–Crippen LogP) is 2.76. The smallest absolute Gasteiger partial charge is 0.209 e. The first-order valence-electron chi connectivity index (χ1n) is 8.39. The largest absolute Gasteiger partial charge is 0.497 e. The monoisotopic (exact) mass is 395 g/mol. The number of rotatable bonds is 7. The number of aromatic amines is 1. The molecule has 142 valence electrons. The van der Waals surface area contributed by atoms with Crippen molar-refractivity contribution in [2.45, 2.75) is 10.9 Å². The Morgan fingerprint density at radius 2 is 1.93 bits per heavy atom. The van der Waals surface area contributed by atoms with Gasteiger partial charge in [-0.3, -0.25) is 5.10 Å². The lowest BCUT2D eigenvalue weighted by Gasteiger charge is -2.07. The Hall–Kier alpha value is -3.40. The number of benzene rings is 2. The maximum absolute atomic E-state index is 5.43. The number of hydrogen-bond acceptors (Lipinski definition) is 8. The highest BCUT2D eigenvalue weighted by atomic mass is 32.2. The molecular formula is C18H17N7O2S. The van der Waals surface area contributed by atoms with Gasteiger partial charge in [-0.25, -0.2) is 4.98 Å². The number of aromatic nitrogens is 7. The molecule has 4 aromatic rings. The molecule has 0 spiro atoms. The normalized spacial score (nSPS) is 10.8. The van der Waals surface area contributed by atoms with Crippen molar-refractivity contribution < 1.29 is 9.47 Å². The molecule has 0 unspecified atom stereocenters. The minimum Gasteiger partial charge on any atom is -0.497 e. The fourth-order valence-corrected chi connectivity index (χ4v) is 3.32. The van der Waals surface area contributed by atoms with Crippen molar-refractivity contribution in [3.8, 4) is 28.6 Å². The van der Waals surface area contributed by atoms with Gasteiger partial charge in [-0.15, -0.1) is 10.2 Å². The summed E-state index contributed by atoms with van der Waals surface area (Å²) in [7, 11) is 3.22. The summed E-state index contributed by atoms with van der Waals surface area (Å²) in [6.07, 6.45) is 0. The van der Waals surface area contributed by atoms with Gasteiger partial charge in [0.25, 0.3) is 0 Å². The Morgan fingerprint density at radius 1 is 1.07 bits per heavy atom. The van der Waals surface area contributed by atoms with Crippen LogP contribution in [0, 0.1) is 0 Å². The van der Waals surface area contributed by atoms with E-state index in [0.717, 1.165) is 11.3 Å². The SMILES string of the molecule is COc1ccc(-c2nc(SCc3nnnn3-c3ccccc3)n[nH]2)c(OC)c1. The van der Waals surface area contributed by atoms with Crippen LogP contribution in [0.4, 0.5) is 0 Å². The van der Waals surface area contributed by atoms with E-state index in [-0.39, 0.29) is 0 Å². The van der Waals surface area contributed by atoms with Crippen molar-refractivity contribution >= 4 is 11.8 Å². The summed E-state index contributed by atoms with van der Waals surface area (Å²) >= 11 is 1.44. The second kappa shape index (κ2) is 8.09. The second-order valence-corrected chi connectivity index (χ2v) is 6.61. The van der Waals surface area contributed by atoms with Crippen LogP contribution in [-0.4, -0.2) is 49.6 Å². The van der Waals surface area contributed by atoms with Crippen molar-refractivity contribution in [3.05, 3.63) is 54.4 Å². The van der Waals surface area contributed by atoms with Crippen molar-refractivity contribution in [1.29, 1.82) is 0 Å². The Kier molecular flexibility index (Phi) is 5.20. The minimum atomic E-state index is 0.527. The molecule has 0 amide bonds. The van der Waals surface area contributed by atoms with E-state index in [1.807, 2.05) is 42.5 Å². The van der Waals surface area contributed by atoms with E-state index in [2.05, 4.69) is 30.7 Å². The van der Waals surface area contributed by atoms with Gasteiger partial charge in [0.15, 0.2) is 11.6 Å². The van der Waals surface area contributed by atoms with Crippen molar-refractivity contribution in [2.75, 3.05) is 14.2 Å². The minimum absolute atomic E-state index is 0.527. The van der Waals surface area contributed by atoms with Crippen LogP contribution in [0.3, 0.4) is 0 Å². The van der Waals surface area contributed by atoms with Gasteiger partial charge in [0.1, 0.15) is 11.5 Å². The highest BCUT2D eigenvalue weighted by Gasteiger charge is 2.14. The molecule has 10 heteroatoms. The van der Waals surface area contributed by atoms with Crippen LogP contribution in [0.25, 0.3) is 17.1 Å². The van der Waals surface area contributed by atoms with Crippen molar-refractivity contribution in [3.63, 3.8) is 0 Å². The lowest BCUT2D eigenvalue weighted by molar-refractivity contribution is 0.395. The molecule has 0 saturated carbocycles. The number of methoxy groups -OCH3 is 2. The van der Waals surface area contributed by atoms with Gasteiger partial charge in [-0.2, -0.15) is 4.68 Å². The number of ether oxygens (including phenoxy) is 2. The molecule has 28 heavy (non-hydrogen) atoms. The molecule has 4 rings (SSSR count). The highest BCUT2D eigenvalue weighted by Crippen LogP contribution is 2.32. The molecule has 2 aromatic heterocycles. The average molecular weight is 395 g/mol. The highest BCUT2D eigenvalue weighted by molar-refractivity contribution is 7.98. The fraction of sp³-hybridized carbons (Fsp3) is 0.167. The van der Waals surface area contributed by atoms with Crippen LogP contribution in [0.5, 0.6) is 11.5 Å². The summed E-state index contributed by atoms with van der Waals surface area (Å²) < 4.78 is 12.4. The van der Waals surface area contributed by atoms with E-state index in [0.29, 0.717) is 34.1 Å². The number of hydrogen-bond donors (Lipinski definition) is 1. The second-order valence-electron chi connectivity index (χ2n) is 5.66. The van der Waals surface area contributed by atoms with Crippen LogP contribution in [0.1, 0.15) is 5.82 Å². The van der Waals surface area contributed by atoms with Crippen LogP contribution in [-0.2, 0) is 5.75 Å². The maximum atomic E-state index is 5.43. The van der Waals surface area contributed by atoms with Crippen molar-refractivity contribution in [2.24, 2.45) is 0 Å². The molecule has 0 bridgehead atoms. The van der Waals surface area contributed by atoms with E-state index < -0.39 is 0 Å². The molecular weight excluding hydrogens is 378 g/mol. The molecule has 2 heterocycles. The van der Waals surface area contributed by atoms with Gasteiger partial charge >= 0.3 is 0 Å². The number of tetrazole rings is 1. The zero-order valence-corrected chi connectivity index (χ0v) is 16.1. The summed E-state index contributed by atoms with van der Waals surface area (Å²) in [5.41, 5.74) is 1.71. The molecule has 2 aromatic carbocycles. The summed E-state index contributed by atoms with van der Waals surface area (Å²) in [5, 5.41) is 19.7. The molecule has 0 saturated heterocycles. The Balaban J connectivity index is 1.51. The van der Waals surface area contributed by atoms with Gasteiger partial charge in [0, 0.05) is 6.07 Å². The third-order valence-electron chi connectivity index (χ3n) is 3.99. The zero-order chi connectivity index (χ0) is 19.3. The topological polar surface area (TPSA) is 104 Å². The molecule has 1 N–H and O–H groups in total. The molecule has 9 nitrogen and oxygen atoms in total. The number of para-hydroxylation sites is 1. The summed E-state index contributed by atoms with van der Waals surface area (Å²) in [4.78, 5) is 4.54. The number of H-pyrrole nitrogens is 1. The lowest BCUT2D eigenvalue weighted by Crippen LogP contribution is -2.01. The molecule has 0 aliphatic rings. The third-order valence-corrected chi connectivity index (χ3v) is 4.84. The van der Waals surface area contributed by atoms with E-state index in [1.54, 1.807) is 25.0 Å². The Labute approximate surface area is 165 Å². The van der Waals surface area contributed by atoms with Gasteiger partial charge in [-0.05, 0) is 34.7 Å². The molecule has 0 aliphatic heterocycles. The first-order valence-corrected chi connectivity index (χ1v) is 9.37. The first kappa shape index (κ1) is 18.0. The summed E-state index contributed by atoms with van der Waals surface area (Å²) in [5.74, 6) is 3.22. The zero-order valence-electron chi connectivity index (χ0n) is 15.2. The van der Waals surface area contributed by atoms with Gasteiger partial charge in [-0.1, -0.05) is 30.0 Å². The summed E-state index contributed by atoms with van der Waals surface area (Å²) in [6.45, 7) is 0. The quantitative estimate of drug-likeness (QED) is 0.477. The Bertz CT molecular complexity index is 1060. The number of thioether (sulfide) groups is 1. The average Bonchev–Trinajstić information content (AvgIpc) is 3.41. The van der Waals surface area contributed by atoms with Gasteiger partial charge < -0.3 is 9.47 Å². The first-order chi connectivity index (χ1) is 13.8. The van der Waals surface area contributed by atoms with Crippen LogP contribution < -0.4 is 9.47 Å². The fourth-order valence-electron chi connectivity index (χ4n) is 2.62. The predicted molar refractivity (Wildman–Crippen MR) is 104 cm³/mol. The maximum Gasteiger partial charge on any atom is 0.209 e. The Morgan fingerprint density at radius 3 is 2.71 bits per heavy atom. The van der Waals surface area contributed by atoms with Crippen LogP contribution >= 0.6 is 11.8 Å². The number of nitrogens with one attached hydrogen (secondary N) is 1. The van der Waals surface area contributed by atoms with E-state index >= 15 is 0 Å². The molecule has 0 aliphatic carbocycles. The van der Waals surface area contributed by atoms with Gasteiger partial charge in [0.2, 0.25) is 5.16 Å². The van der Waals surface area contributed by atoms with Crippen LogP contribution in [0.15, 0.2) is 53.7 Å². The molecule has 0 fully saturated rings. The van der Waals surface area contributed by atoms with Gasteiger partial charge in [0.05, 0.1) is 31.2 Å². The summed E-state index contributed by atoms with van der Waals surface area (Å²) in [6, 6.07) is 15.3. The van der Waals surface area contributed by atoms with E-state index in [1.165, 1.54) is 11.8 Å². The third kappa shape index (κ3) is 3.67. The van der Waals surface area contributed by atoms with E-state index in [9.17, 15) is 0 Å². The molecule has 0 atom stereocenters. The van der Waals surface area contributed by atoms with E-state index in [4.69, 9.17) is 9.47 Å². The van der Waals surface area contributed by atoms with Crippen molar-refractivity contribution in [1.82, 2.24) is 35.4 Å². The molecule has 0 radical (unpaired) electrons. The van der Waals surface area contributed by atoms with Crippen LogP contribution in [0.2, 0.25) is 0 Å².